The average molecular weight is 373 g/mol. The molecule has 1 aliphatic heterocycles. The fraction of sp³-hybridized carbons (Fsp3) is 0.476. The van der Waals surface area contributed by atoms with Crippen molar-refractivity contribution in [2.24, 2.45) is 0 Å². The molecule has 1 aromatic heterocycles. The predicted octanol–water partition coefficient (Wildman–Crippen LogP) is 3.73. The molecule has 0 saturated carbocycles. The quantitative estimate of drug-likeness (QED) is 0.840. The third-order valence-corrected chi connectivity index (χ3v) is 6.35. The van der Waals surface area contributed by atoms with E-state index in [1.165, 1.54) is 21.6 Å². The molecule has 0 radical (unpaired) electrons. The summed E-state index contributed by atoms with van der Waals surface area (Å²) in [6.07, 6.45) is 0.976. The van der Waals surface area contributed by atoms with Crippen molar-refractivity contribution in [3.05, 3.63) is 56.8 Å². The van der Waals surface area contributed by atoms with E-state index in [1.54, 1.807) is 11.3 Å². The second-order valence-corrected chi connectivity index (χ2v) is 7.99. The molecule has 1 aromatic carbocycles. The lowest BCUT2D eigenvalue weighted by molar-refractivity contribution is 0.0162. The molecule has 1 amide bonds. The van der Waals surface area contributed by atoms with Gasteiger partial charge < -0.3 is 10.1 Å². The Labute approximate surface area is 160 Å². The van der Waals surface area contributed by atoms with Gasteiger partial charge in [-0.25, -0.2) is 0 Å². The van der Waals surface area contributed by atoms with Gasteiger partial charge in [-0.15, -0.1) is 11.3 Å². The monoisotopic (exact) mass is 372 g/mol. The number of carbonyl (C=O) groups excluding carboxylic acids is 1. The first-order chi connectivity index (χ1) is 12.6. The van der Waals surface area contributed by atoms with Crippen LogP contribution in [0.4, 0.5) is 0 Å². The highest BCUT2D eigenvalue weighted by Gasteiger charge is 2.23. The smallest absolute Gasteiger partial charge is 0.261 e. The summed E-state index contributed by atoms with van der Waals surface area (Å²) in [5.41, 5.74) is 3.71. The minimum Gasteiger partial charge on any atom is -0.379 e. The zero-order valence-electron chi connectivity index (χ0n) is 15.9. The highest BCUT2D eigenvalue weighted by atomic mass is 32.1. The van der Waals surface area contributed by atoms with E-state index in [0.717, 1.165) is 37.6 Å². The van der Waals surface area contributed by atoms with Crippen molar-refractivity contribution in [1.82, 2.24) is 10.2 Å². The lowest BCUT2D eigenvalue weighted by Crippen LogP contribution is -2.43. The maximum Gasteiger partial charge on any atom is 0.261 e. The van der Waals surface area contributed by atoms with Crippen LogP contribution in [0, 0.1) is 13.8 Å². The first-order valence-corrected chi connectivity index (χ1v) is 10.2. The average Bonchev–Trinajstić information content (AvgIpc) is 3.05. The largest absolute Gasteiger partial charge is 0.379 e. The van der Waals surface area contributed by atoms with Gasteiger partial charge in [-0.1, -0.05) is 36.8 Å². The fourth-order valence-electron chi connectivity index (χ4n) is 3.39. The van der Waals surface area contributed by atoms with Gasteiger partial charge in [0.05, 0.1) is 24.1 Å². The molecule has 0 bridgehead atoms. The predicted molar refractivity (Wildman–Crippen MR) is 107 cm³/mol. The van der Waals surface area contributed by atoms with Crippen LogP contribution in [0.2, 0.25) is 0 Å². The van der Waals surface area contributed by atoms with Crippen molar-refractivity contribution in [3.63, 3.8) is 0 Å². The molecule has 0 aliphatic carbocycles. The van der Waals surface area contributed by atoms with Gasteiger partial charge in [-0.05, 0) is 37.5 Å². The Bertz CT molecular complexity index is 733. The van der Waals surface area contributed by atoms with Crippen LogP contribution in [-0.2, 0) is 11.2 Å². The third-order valence-electron chi connectivity index (χ3n) is 4.97. The van der Waals surface area contributed by atoms with E-state index in [1.807, 2.05) is 6.07 Å². The number of ether oxygens (including phenoxy) is 1. The first kappa shape index (κ1) is 19.1. The van der Waals surface area contributed by atoms with Crippen LogP contribution in [-0.4, -0.2) is 43.7 Å². The van der Waals surface area contributed by atoms with Crippen molar-refractivity contribution in [3.8, 4) is 0 Å². The number of thiophene rings is 1. The summed E-state index contributed by atoms with van der Waals surface area (Å²) in [7, 11) is 0. The van der Waals surface area contributed by atoms with Gasteiger partial charge in [-0.3, -0.25) is 9.69 Å². The molecule has 140 valence electrons. The first-order valence-electron chi connectivity index (χ1n) is 9.34. The van der Waals surface area contributed by atoms with Crippen LogP contribution in [0.1, 0.15) is 44.2 Å². The van der Waals surface area contributed by atoms with E-state index in [0.29, 0.717) is 6.54 Å². The SMILES string of the molecule is CCc1sc(C(=O)NCC(c2ccc(C)cc2)N2CCOCC2)cc1C. The number of amides is 1. The van der Waals surface area contributed by atoms with E-state index in [9.17, 15) is 4.79 Å². The summed E-state index contributed by atoms with van der Waals surface area (Å²) >= 11 is 1.61. The van der Waals surface area contributed by atoms with Gasteiger partial charge in [0, 0.05) is 24.5 Å². The van der Waals surface area contributed by atoms with Crippen molar-refractivity contribution in [1.29, 1.82) is 0 Å². The van der Waals surface area contributed by atoms with Gasteiger partial charge in [0.25, 0.3) is 5.91 Å². The third kappa shape index (κ3) is 4.53. The Balaban J connectivity index is 1.72. The Hall–Kier alpha value is -1.69. The maximum atomic E-state index is 12.7. The highest BCUT2D eigenvalue weighted by Crippen LogP contribution is 2.24. The zero-order chi connectivity index (χ0) is 18.5. The summed E-state index contributed by atoms with van der Waals surface area (Å²) in [5, 5.41) is 3.16. The molecule has 1 fully saturated rings. The fourth-order valence-corrected chi connectivity index (χ4v) is 4.43. The lowest BCUT2D eigenvalue weighted by atomic mass is 10.0. The number of nitrogens with zero attached hydrogens (tertiary/aromatic N) is 1. The minimum atomic E-state index is 0.0307. The highest BCUT2D eigenvalue weighted by molar-refractivity contribution is 7.14. The number of aryl methyl sites for hydroxylation is 3. The van der Waals surface area contributed by atoms with Gasteiger partial charge in [0.1, 0.15) is 0 Å². The van der Waals surface area contributed by atoms with E-state index >= 15 is 0 Å². The summed E-state index contributed by atoms with van der Waals surface area (Å²) in [6.45, 7) is 10.2. The molecule has 1 aliphatic rings. The van der Waals surface area contributed by atoms with Crippen LogP contribution in [0.25, 0.3) is 0 Å². The molecule has 0 spiro atoms. The lowest BCUT2D eigenvalue weighted by Gasteiger charge is -2.35. The molecule has 2 heterocycles. The molecular formula is C21H28N2O2S. The number of hydrogen-bond acceptors (Lipinski definition) is 4. The molecule has 1 atom stereocenters. The van der Waals surface area contributed by atoms with Crippen LogP contribution in [0.5, 0.6) is 0 Å². The molecule has 4 nitrogen and oxygen atoms in total. The van der Waals surface area contributed by atoms with Gasteiger partial charge in [-0.2, -0.15) is 0 Å². The van der Waals surface area contributed by atoms with E-state index in [2.05, 4.69) is 55.3 Å². The standard InChI is InChI=1S/C21H28N2O2S/c1-4-19-16(3)13-20(26-19)21(24)22-14-18(23-9-11-25-12-10-23)17-7-5-15(2)6-8-17/h5-8,13,18H,4,9-12,14H2,1-3H3,(H,22,24). The second-order valence-electron chi connectivity index (χ2n) is 6.86. The zero-order valence-corrected chi connectivity index (χ0v) is 16.7. The van der Waals surface area contributed by atoms with E-state index < -0.39 is 0 Å². The van der Waals surface area contributed by atoms with Crippen molar-refractivity contribution in [2.75, 3.05) is 32.8 Å². The summed E-state index contributed by atoms with van der Waals surface area (Å²) < 4.78 is 5.50. The van der Waals surface area contributed by atoms with E-state index in [4.69, 9.17) is 4.74 Å². The van der Waals surface area contributed by atoms with Crippen molar-refractivity contribution >= 4 is 17.2 Å². The topological polar surface area (TPSA) is 41.6 Å². The molecule has 1 unspecified atom stereocenters. The molecule has 3 rings (SSSR count). The van der Waals surface area contributed by atoms with Crippen molar-refractivity contribution < 1.29 is 9.53 Å². The number of rotatable bonds is 6. The molecule has 26 heavy (non-hydrogen) atoms. The van der Waals surface area contributed by atoms with Crippen LogP contribution in [0.3, 0.4) is 0 Å². The number of nitrogens with one attached hydrogen (secondary N) is 1. The molecule has 5 heteroatoms. The van der Waals surface area contributed by atoms with Crippen LogP contribution >= 0.6 is 11.3 Å². The summed E-state index contributed by atoms with van der Waals surface area (Å²) in [6, 6.07) is 10.8. The molecule has 1 N–H and O–H groups in total. The normalized spacial score (nSPS) is 16.4. The number of carbonyl (C=O) groups is 1. The summed E-state index contributed by atoms with van der Waals surface area (Å²) in [5.74, 6) is 0.0307. The summed E-state index contributed by atoms with van der Waals surface area (Å²) in [4.78, 5) is 17.2. The number of benzene rings is 1. The Morgan fingerprint density at radius 3 is 2.54 bits per heavy atom. The number of hydrogen-bond donors (Lipinski definition) is 1. The molecule has 1 saturated heterocycles. The minimum absolute atomic E-state index is 0.0307. The molecule has 2 aromatic rings. The second kappa shape index (κ2) is 8.80. The van der Waals surface area contributed by atoms with Crippen LogP contribution in [0.15, 0.2) is 30.3 Å². The van der Waals surface area contributed by atoms with Gasteiger partial charge in [0.2, 0.25) is 0 Å². The van der Waals surface area contributed by atoms with E-state index in [-0.39, 0.29) is 11.9 Å². The Morgan fingerprint density at radius 2 is 1.92 bits per heavy atom. The Kier molecular flexibility index (Phi) is 6.46. The maximum absolute atomic E-state index is 12.7. The Morgan fingerprint density at radius 1 is 1.23 bits per heavy atom. The van der Waals surface area contributed by atoms with Crippen LogP contribution < -0.4 is 5.32 Å². The van der Waals surface area contributed by atoms with Gasteiger partial charge in [0.15, 0.2) is 0 Å². The molecular weight excluding hydrogens is 344 g/mol. The van der Waals surface area contributed by atoms with Gasteiger partial charge >= 0.3 is 0 Å². The van der Waals surface area contributed by atoms with Crippen molar-refractivity contribution in [2.45, 2.75) is 33.2 Å². The number of morpholine rings is 1.